The molecule has 6 heteroatoms. The lowest BCUT2D eigenvalue weighted by Crippen LogP contribution is -2.27. The van der Waals surface area contributed by atoms with Crippen LogP contribution in [0, 0.1) is 5.92 Å². The first-order valence-corrected chi connectivity index (χ1v) is 6.45. The molecule has 1 aromatic carbocycles. The van der Waals surface area contributed by atoms with Gasteiger partial charge in [-0.15, -0.1) is 12.4 Å². The van der Waals surface area contributed by atoms with Gasteiger partial charge in [0.2, 0.25) is 11.8 Å². The lowest BCUT2D eigenvalue weighted by Gasteiger charge is -2.15. The molecular weight excluding hydrogens is 278 g/mol. The predicted octanol–water partition coefficient (Wildman–Crippen LogP) is 1.55. The van der Waals surface area contributed by atoms with E-state index < -0.39 is 0 Å². The van der Waals surface area contributed by atoms with Gasteiger partial charge >= 0.3 is 0 Å². The number of nitrogens with one attached hydrogen (secondary N) is 1. The highest BCUT2D eigenvalue weighted by molar-refractivity contribution is 5.96. The smallest absolute Gasteiger partial charge is 0.228 e. The van der Waals surface area contributed by atoms with Crippen molar-refractivity contribution < 1.29 is 9.59 Å². The normalized spacial score (nSPS) is 14.2. The number of nitrogens with zero attached hydrogens (tertiary/aromatic N) is 1. The largest absolute Gasteiger partial charge is 0.330 e. The predicted molar refractivity (Wildman–Crippen MR) is 82.3 cm³/mol. The summed E-state index contributed by atoms with van der Waals surface area (Å²) in [4.78, 5) is 25.0. The van der Waals surface area contributed by atoms with E-state index in [0.29, 0.717) is 13.1 Å². The van der Waals surface area contributed by atoms with E-state index in [4.69, 9.17) is 5.73 Å². The van der Waals surface area contributed by atoms with Crippen LogP contribution in [-0.2, 0) is 16.0 Å². The van der Waals surface area contributed by atoms with Crippen molar-refractivity contribution in [2.75, 3.05) is 23.3 Å². The molecule has 20 heavy (non-hydrogen) atoms. The molecule has 0 spiro atoms. The van der Waals surface area contributed by atoms with Gasteiger partial charge in [0.15, 0.2) is 0 Å². The van der Waals surface area contributed by atoms with E-state index in [1.165, 1.54) is 0 Å². The Morgan fingerprint density at radius 1 is 1.45 bits per heavy atom. The Morgan fingerprint density at radius 3 is 2.75 bits per heavy atom. The molecule has 110 valence electrons. The Morgan fingerprint density at radius 2 is 2.15 bits per heavy atom. The van der Waals surface area contributed by atoms with Crippen LogP contribution in [0.1, 0.15) is 19.4 Å². The Balaban J connectivity index is 0.00000200. The first kappa shape index (κ1) is 16.5. The molecule has 1 aliphatic heterocycles. The van der Waals surface area contributed by atoms with Gasteiger partial charge in [-0.25, -0.2) is 0 Å². The number of carbonyl (C=O) groups is 2. The number of nitrogens with two attached hydrogens (primary N) is 1. The highest BCUT2D eigenvalue weighted by Crippen LogP contribution is 2.30. The summed E-state index contributed by atoms with van der Waals surface area (Å²) < 4.78 is 0. The molecule has 0 bridgehead atoms. The lowest BCUT2D eigenvalue weighted by molar-refractivity contribution is -0.119. The first-order valence-electron chi connectivity index (χ1n) is 6.45. The van der Waals surface area contributed by atoms with Crippen molar-refractivity contribution in [1.82, 2.24) is 0 Å². The van der Waals surface area contributed by atoms with Crippen molar-refractivity contribution in [3.05, 3.63) is 23.8 Å². The molecule has 0 saturated carbocycles. The molecule has 2 rings (SSSR count). The minimum atomic E-state index is -0.207. The monoisotopic (exact) mass is 297 g/mol. The van der Waals surface area contributed by atoms with Crippen molar-refractivity contribution >= 4 is 35.6 Å². The SMILES string of the molecule is CC(=O)N1CCc2cc(NC(=O)C(C)CN)ccc21.Cl. The molecular formula is C14H20ClN3O2. The van der Waals surface area contributed by atoms with E-state index in [-0.39, 0.29) is 30.1 Å². The molecule has 0 aliphatic carbocycles. The van der Waals surface area contributed by atoms with Gasteiger partial charge in [-0.3, -0.25) is 9.59 Å². The van der Waals surface area contributed by atoms with Gasteiger partial charge in [0, 0.05) is 37.3 Å². The van der Waals surface area contributed by atoms with Crippen LogP contribution in [0.3, 0.4) is 0 Å². The molecule has 0 fully saturated rings. The number of hydrogen-bond donors (Lipinski definition) is 2. The Hall–Kier alpha value is -1.59. The molecule has 2 amide bonds. The molecule has 0 radical (unpaired) electrons. The quantitative estimate of drug-likeness (QED) is 0.889. The first-order chi connectivity index (χ1) is 9.02. The van der Waals surface area contributed by atoms with E-state index in [1.54, 1.807) is 18.7 Å². The average molecular weight is 298 g/mol. The fraction of sp³-hybridized carbons (Fsp3) is 0.429. The van der Waals surface area contributed by atoms with E-state index in [2.05, 4.69) is 5.32 Å². The maximum atomic E-state index is 11.8. The zero-order chi connectivity index (χ0) is 14.0. The fourth-order valence-electron chi connectivity index (χ4n) is 2.18. The second kappa shape index (κ2) is 6.72. The zero-order valence-corrected chi connectivity index (χ0v) is 12.5. The van der Waals surface area contributed by atoms with Crippen LogP contribution in [-0.4, -0.2) is 24.9 Å². The lowest BCUT2D eigenvalue weighted by atomic mass is 10.1. The summed E-state index contributed by atoms with van der Waals surface area (Å²) in [5, 5.41) is 2.84. The number of rotatable bonds is 3. The minimum Gasteiger partial charge on any atom is -0.330 e. The third kappa shape index (κ3) is 3.29. The second-order valence-corrected chi connectivity index (χ2v) is 4.89. The summed E-state index contributed by atoms with van der Waals surface area (Å²) in [6, 6.07) is 5.63. The minimum absolute atomic E-state index is 0. The molecule has 1 heterocycles. The second-order valence-electron chi connectivity index (χ2n) is 4.89. The van der Waals surface area contributed by atoms with Gasteiger partial charge in [0.05, 0.1) is 0 Å². The van der Waals surface area contributed by atoms with Gasteiger partial charge in [-0.2, -0.15) is 0 Å². The number of anilines is 2. The fourth-order valence-corrected chi connectivity index (χ4v) is 2.18. The molecule has 1 aromatic rings. The van der Waals surface area contributed by atoms with Crippen molar-refractivity contribution in [2.24, 2.45) is 11.7 Å². The number of amides is 2. The molecule has 5 nitrogen and oxygen atoms in total. The maximum absolute atomic E-state index is 11.8. The van der Waals surface area contributed by atoms with Crippen LogP contribution in [0.2, 0.25) is 0 Å². The van der Waals surface area contributed by atoms with Crippen LogP contribution in [0.5, 0.6) is 0 Å². The van der Waals surface area contributed by atoms with E-state index in [1.807, 2.05) is 18.2 Å². The Bertz CT molecular complexity index is 519. The van der Waals surface area contributed by atoms with Crippen molar-refractivity contribution in [1.29, 1.82) is 0 Å². The number of carbonyl (C=O) groups excluding carboxylic acids is 2. The van der Waals surface area contributed by atoms with Gasteiger partial charge in [0.25, 0.3) is 0 Å². The van der Waals surface area contributed by atoms with Crippen LogP contribution < -0.4 is 16.0 Å². The highest BCUT2D eigenvalue weighted by atomic mass is 35.5. The van der Waals surface area contributed by atoms with Gasteiger partial charge in [0.1, 0.15) is 0 Å². The number of halogens is 1. The van der Waals surface area contributed by atoms with Crippen molar-refractivity contribution in [2.45, 2.75) is 20.3 Å². The zero-order valence-electron chi connectivity index (χ0n) is 11.7. The van der Waals surface area contributed by atoms with Crippen LogP contribution in [0.25, 0.3) is 0 Å². The number of benzene rings is 1. The summed E-state index contributed by atoms with van der Waals surface area (Å²) in [5.74, 6) is -0.238. The van der Waals surface area contributed by atoms with E-state index >= 15 is 0 Å². The summed E-state index contributed by atoms with van der Waals surface area (Å²) in [5.41, 5.74) is 8.26. The number of fused-ring (bicyclic) bond motifs is 1. The molecule has 1 atom stereocenters. The Kier molecular flexibility index (Phi) is 5.53. The highest BCUT2D eigenvalue weighted by Gasteiger charge is 2.22. The molecule has 1 unspecified atom stereocenters. The van der Waals surface area contributed by atoms with E-state index in [0.717, 1.165) is 23.4 Å². The average Bonchev–Trinajstić information content (AvgIpc) is 2.80. The maximum Gasteiger partial charge on any atom is 0.228 e. The van der Waals surface area contributed by atoms with Crippen LogP contribution in [0.4, 0.5) is 11.4 Å². The van der Waals surface area contributed by atoms with Gasteiger partial charge in [-0.05, 0) is 30.2 Å². The van der Waals surface area contributed by atoms with Crippen molar-refractivity contribution in [3.8, 4) is 0 Å². The summed E-state index contributed by atoms with van der Waals surface area (Å²) >= 11 is 0. The third-order valence-electron chi connectivity index (χ3n) is 3.42. The summed E-state index contributed by atoms with van der Waals surface area (Å²) in [7, 11) is 0. The standard InChI is InChI=1S/C14H19N3O2.ClH/c1-9(8-15)14(19)16-12-3-4-13-11(7-12)5-6-17(13)10(2)18;/h3-4,7,9H,5-6,8,15H2,1-2H3,(H,16,19);1H. The number of hydrogen-bond acceptors (Lipinski definition) is 3. The summed E-state index contributed by atoms with van der Waals surface area (Å²) in [6.07, 6.45) is 0.824. The molecule has 0 saturated heterocycles. The molecule has 3 N–H and O–H groups in total. The topological polar surface area (TPSA) is 75.4 Å². The van der Waals surface area contributed by atoms with E-state index in [9.17, 15) is 9.59 Å². The molecule has 1 aliphatic rings. The van der Waals surface area contributed by atoms with Crippen molar-refractivity contribution in [3.63, 3.8) is 0 Å². The van der Waals surface area contributed by atoms with Gasteiger partial charge < -0.3 is 16.0 Å². The summed E-state index contributed by atoms with van der Waals surface area (Å²) in [6.45, 7) is 4.39. The third-order valence-corrected chi connectivity index (χ3v) is 3.42. The Labute approximate surface area is 124 Å². The van der Waals surface area contributed by atoms with Crippen LogP contribution >= 0.6 is 12.4 Å². The van der Waals surface area contributed by atoms with Gasteiger partial charge in [-0.1, -0.05) is 6.92 Å². The van der Waals surface area contributed by atoms with Crippen LogP contribution in [0.15, 0.2) is 18.2 Å². The molecule has 0 aromatic heterocycles.